The second kappa shape index (κ2) is 4.68. The highest BCUT2D eigenvalue weighted by Gasteiger charge is 2.30. The maximum Gasteiger partial charge on any atom is 0.307 e. The number of nitrogens with zero attached hydrogens (tertiary/aromatic N) is 2. The number of carbonyl (C=O) groups is 1. The van der Waals surface area contributed by atoms with Crippen LogP contribution in [0.3, 0.4) is 0 Å². The lowest BCUT2D eigenvalue weighted by molar-refractivity contribution is -0.145. The molecule has 0 amide bonds. The van der Waals surface area contributed by atoms with E-state index in [9.17, 15) is 9.90 Å². The molecule has 0 aromatic carbocycles. The number of carboxylic acid groups (broad SMARTS) is 1. The summed E-state index contributed by atoms with van der Waals surface area (Å²) >= 11 is 0. The quantitative estimate of drug-likeness (QED) is 0.852. The molecule has 0 aliphatic carbocycles. The van der Waals surface area contributed by atoms with Crippen LogP contribution in [0.25, 0.3) is 0 Å². The first kappa shape index (κ1) is 12.7. The van der Waals surface area contributed by atoms with Gasteiger partial charge in [-0.1, -0.05) is 20.8 Å². The van der Waals surface area contributed by atoms with Crippen LogP contribution in [-0.4, -0.2) is 20.6 Å². The van der Waals surface area contributed by atoms with Crippen LogP contribution in [0.15, 0.2) is 12.4 Å². The third-order valence-electron chi connectivity index (χ3n) is 2.92. The molecule has 1 N–H and O–H groups in total. The summed E-state index contributed by atoms with van der Waals surface area (Å²) in [6.45, 7) is 5.89. The third-order valence-corrected chi connectivity index (χ3v) is 2.92. The highest BCUT2D eigenvalue weighted by molar-refractivity contribution is 5.70. The van der Waals surface area contributed by atoms with E-state index in [1.807, 2.05) is 38.6 Å². The molecule has 1 heterocycles. The normalized spacial score (nSPS) is 13.8. The van der Waals surface area contributed by atoms with Crippen molar-refractivity contribution in [3.8, 4) is 0 Å². The van der Waals surface area contributed by atoms with E-state index in [1.165, 1.54) is 0 Å². The van der Waals surface area contributed by atoms with Crippen molar-refractivity contribution in [2.24, 2.45) is 18.4 Å². The van der Waals surface area contributed by atoms with Gasteiger partial charge in [-0.2, -0.15) is 0 Å². The molecule has 0 saturated carbocycles. The number of carboxylic acids is 1. The lowest BCUT2D eigenvalue weighted by Crippen LogP contribution is -2.29. The molecular formula is C12H20N2O2. The van der Waals surface area contributed by atoms with E-state index in [2.05, 4.69) is 4.98 Å². The van der Waals surface area contributed by atoms with Crippen LogP contribution in [-0.2, 0) is 18.3 Å². The van der Waals surface area contributed by atoms with Crippen molar-refractivity contribution in [3.63, 3.8) is 0 Å². The van der Waals surface area contributed by atoms with Crippen molar-refractivity contribution >= 4 is 5.97 Å². The van der Waals surface area contributed by atoms with Gasteiger partial charge < -0.3 is 9.67 Å². The summed E-state index contributed by atoms with van der Waals surface area (Å²) in [5.41, 5.74) is -0.211. The fourth-order valence-corrected chi connectivity index (χ4v) is 1.84. The second-order valence-corrected chi connectivity index (χ2v) is 5.25. The van der Waals surface area contributed by atoms with Gasteiger partial charge in [0.25, 0.3) is 0 Å². The van der Waals surface area contributed by atoms with Gasteiger partial charge in [0.15, 0.2) is 0 Å². The van der Waals surface area contributed by atoms with E-state index in [1.54, 1.807) is 6.20 Å². The molecule has 0 saturated heterocycles. The van der Waals surface area contributed by atoms with Crippen molar-refractivity contribution < 1.29 is 9.90 Å². The molecule has 0 radical (unpaired) electrons. The Balaban J connectivity index is 2.65. The summed E-state index contributed by atoms with van der Waals surface area (Å²) in [5.74, 6) is -0.110. The molecule has 1 atom stereocenters. The number of rotatable bonds is 4. The SMILES string of the molecule is Cn1ccnc1CCC(C(=O)O)C(C)(C)C. The van der Waals surface area contributed by atoms with E-state index < -0.39 is 5.97 Å². The smallest absolute Gasteiger partial charge is 0.307 e. The maximum atomic E-state index is 11.2. The Morgan fingerprint density at radius 1 is 1.56 bits per heavy atom. The van der Waals surface area contributed by atoms with Gasteiger partial charge in [0, 0.05) is 25.9 Å². The highest BCUT2D eigenvalue weighted by Crippen LogP contribution is 2.29. The van der Waals surface area contributed by atoms with Crippen LogP contribution in [0.2, 0.25) is 0 Å². The largest absolute Gasteiger partial charge is 0.481 e. The van der Waals surface area contributed by atoms with E-state index >= 15 is 0 Å². The van der Waals surface area contributed by atoms with Crippen molar-refractivity contribution in [3.05, 3.63) is 18.2 Å². The van der Waals surface area contributed by atoms with Gasteiger partial charge in [-0.25, -0.2) is 4.98 Å². The van der Waals surface area contributed by atoms with Gasteiger partial charge in [0.05, 0.1) is 5.92 Å². The number of hydrogen-bond donors (Lipinski definition) is 1. The van der Waals surface area contributed by atoms with E-state index in [-0.39, 0.29) is 11.3 Å². The zero-order valence-electron chi connectivity index (χ0n) is 10.4. The lowest BCUT2D eigenvalue weighted by atomic mass is 9.78. The highest BCUT2D eigenvalue weighted by atomic mass is 16.4. The molecule has 1 aromatic rings. The zero-order chi connectivity index (χ0) is 12.3. The number of aliphatic carboxylic acids is 1. The predicted molar refractivity (Wildman–Crippen MR) is 62.1 cm³/mol. The molecule has 0 aliphatic rings. The van der Waals surface area contributed by atoms with Crippen molar-refractivity contribution in [2.45, 2.75) is 33.6 Å². The number of aromatic nitrogens is 2. The van der Waals surface area contributed by atoms with Crippen LogP contribution in [0.1, 0.15) is 33.0 Å². The average Bonchev–Trinajstić information content (AvgIpc) is 2.49. The average molecular weight is 224 g/mol. The third kappa shape index (κ3) is 3.08. The van der Waals surface area contributed by atoms with Gasteiger partial charge in [-0.15, -0.1) is 0 Å². The Morgan fingerprint density at radius 3 is 2.56 bits per heavy atom. The van der Waals surface area contributed by atoms with Gasteiger partial charge in [-0.3, -0.25) is 4.79 Å². The minimum atomic E-state index is -0.721. The minimum Gasteiger partial charge on any atom is -0.481 e. The molecule has 16 heavy (non-hydrogen) atoms. The molecule has 1 aromatic heterocycles. The second-order valence-electron chi connectivity index (χ2n) is 5.25. The molecule has 1 rings (SSSR count). The molecule has 0 bridgehead atoms. The summed E-state index contributed by atoms with van der Waals surface area (Å²) in [6, 6.07) is 0. The molecule has 90 valence electrons. The van der Waals surface area contributed by atoms with Crippen LogP contribution < -0.4 is 0 Å². The molecule has 0 fully saturated rings. The molecule has 4 heteroatoms. The van der Waals surface area contributed by atoms with Gasteiger partial charge >= 0.3 is 5.97 Å². The first-order valence-corrected chi connectivity index (χ1v) is 5.51. The van der Waals surface area contributed by atoms with Gasteiger partial charge in [0.2, 0.25) is 0 Å². The Morgan fingerprint density at radius 2 is 2.19 bits per heavy atom. The summed E-state index contributed by atoms with van der Waals surface area (Å²) < 4.78 is 1.93. The molecule has 4 nitrogen and oxygen atoms in total. The Kier molecular flexibility index (Phi) is 3.73. The summed E-state index contributed by atoms with van der Waals surface area (Å²) in [7, 11) is 1.93. The molecule has 0 spiro atoms. The monoisotopic (exact) mass is 224 g/mol. The van der Waals surface area contributed by atoms with E-state index in [4.69, 9.17) is 0 Å². The van der Waals surface area contributed by atoms with E-state index in [0.717, 1.165) is 5.82 Å². The Bertz CT molecular complexity index is 363. The summed E-state index contributed by atoms with van der Waals surface area (Å²) in [4.78, 5) is 15.4. The van der Waals surface area contributed by atoms with Crippen LogP contribution >= 0.6 is 0 Å². The van der Waals surface area contributed by atoms with E-state index in [0.29, 0.717) is 12.8 Å². The lowest BCUT2D eigenvalue weighted by Gasteiger charge is -2.26. The summed E-state index contributed by atoms with van der Waals surface area (Å²) in [6.07, 6.45) is 4.95. The minimum absolute atomic E-state index is 0.211. The molecule has 1 unspecified atom stereocenters. The van der Waals surface area contributed by atoms with Gasteiger partial charge in [0.1, 0.15) is 5.82 Å². The first-order valence-electron chi connectivity index (χ1n) is 5.51. The fraction of sp³-hybridized carbons (Fsp3) is 0.667. The standard InChI is InChI=1S/C12H20N2O2/c1-12(2,3)9(11(15)16)5-6-10-13-7-8-14(10)4/h7-9H,5-6H2,1-4H3,(H,15,16). The van der Waals surface area contributed by atoms with Crippen LogP contribution in [0, 0.1) is 11.3 Å². The summed E-state index contributed by atoms with van der Waals surface area (Å²) in [5, 5.41) is 9.18. The number of hydrogen-bond acceptors (Lipinski definition) is 2. The molecular weight excluding hydrogens is 204 g/mol. The topological polar surface area (TPSA) is 55.1 Å². The van der Waals surface area contributed by atoms with Crippen molar-refractivity contribution in [2.75, 3.05) is 0 Å². The first-order chi connectivity index (χ1) is 7.32. The Labute approximate surface area is 96.3 Å². The van der Waals surface area contributed by atoms with Crippen molar-refractivity contribution in [1.29, 1.82) is 0 Å². The predicted octanol–water partition coefficient (Wildman–Crippen LogP) is 2.10. The number of aryl methyl sites for hydroxylation is 2. The fourth-order valence-electron chi connectivity index (χ4n) is 1.84. The van der Waals surface area contributed by atoms with Crippen LogP contribution in [0.5, 0.6) is 0 Å². The molecule has 0 aliphatic heterocycles. The van der Waals surface area contributed by atoms with Crippen molar-refractivity contribution in [1.82, 2.24) is 9.55 Å². The van der Waals surface area contributed by atoms with Gasteiger partial charge in [-0.05, 0) is 11.8 Å². The maximum absolute atomic E-state index is 11.2. The number of imidazole rings is 1. The zero-order valence-corrected chi connectivity index (χ0v) is 10.4. The van der Waals surface area contributed by atoms with Crippen LogP contribution in [0.4, 0.5) is 0 Å². The Hall–Kier alpha value is -1.32.